The molecule has 2 rings (SSSR count). The third kappa shape index (κ3) is 3.32. The zero-order valence-corrected chi connectivity index (χ0v) is 11.6. The van der Waals surface area contributed by atoms with Crippen LogP contribution in [0.25, 0.3) is 0 Å². The van der Waals surface area contributed by atoms with E-state index in [1.54, 1.807) is 12.1 Å². The Morgan fingerprint density at radius 1 is 1.22 bits per heavy atom. The van der Waals surface area contributed by atoms with Gasteiger partial charge in [-0.1, -0.05) is 26.0 Å². The molecule has 4 atom stereocenters. The predicted molar refractivity (Wildman–Crippen MR) is 73.9 cm³/mol. The van der Waals surface area contributed by atoms with Crippen molar-refractivity contribution in [1.82, 2.24) is 5.32 Å². The molecule has 1 N–H and O–H groups in total. The van der Waals surface area contributed by atoms with E-state index in [1.807, 2.05) is 6.07 Å². The Hall–Kier alpha value is -0.890. The van der Waals surface area contributed by atoms with Gasteiger partial charge in [-0.3, -0.25) is 0 Å². The molecule has 100 valence electrons. The van der Waals surface area contributed by atoms with Crippen molar-refractivity contribution in [3.8, 4) is 0 Å². The molecular weight excluding hydrogens is 225 g/mol. The summed E-state index contributed by atoms with van der Waals surface area (Å²) >= 11 is 0. The maximum atomic E-state index is 13.2. The van der Waals surface area contributed by atoms with Crippen LogP contribution in [0, 0.1) is 17.7 Å². The van der Waals surface area contributed by atoms with Crippen LogP contribution in [-0.2, 0) is 0 Å². The first kappa shape index (κ1) is 13.5. The zero-order valence-electron chi connectivity index (χ0n) is 11.6. The molecule has 0 heterocycles. The molecule has 1 fully saturated rings. The topological polar surface area (TPSA) is 12.0 Å². The van der Waals surface area contributed by atoms with Gasteiger partial charge in [0.05, 0.1) is 0 Å². The first-order valence-electron chi connectivity index (χ1n) is 7.07. The average Bonchev–Trinajstić information content (AvgIpc) is 2.34. The molecule has 0 aliphatic heterocycles. The van der Waals surface area contributed by atoms with Gasteiger partial charge >= 0.3 is 0 Å². The van der Waals surface area contributed by atoms with Crippen LogP contribution in [0.4, 0.5) is 4.39 Å². The standard InChI is InChI=1S/C16H24FN/c1-11-7-8-16(9-12(11)2)18-13(3)14-5-4-6-15(17)10-14/h4-6,10-13,16,18H,7-9H2,1-3H3/t11?,12?,13-,16?/m1/s1. The van der Waals surface area contributed by atoms with Gasteiger partial charge in [0.1, 0.15) is 5.82 Å². The summed E-state index contributed by atoms with van der Waals surface area (Å²) in [5, 5.41) is 3.65. The average molecular weight is 249 g/mol. The van der Waals surface area contributed by atoms with E-state index in [9.17, 15) is 4.39 Å². The Balaban J connectivity index is 1.93. The van der Waals surface area contributed by atoms with E-state index < -0.39 is 0 Å². The molecule has 1 saturated carbocycles. The highest BCUT2D eigenvalue weighted by Gasteiger charge is 2.25. The lowest BCUT2D eigenvalue weighted by atomic mass is 9.79. The van der Waals surface area contributed by atoms with Gasteiger partial charge in [-0.25, -0.2) is 4.39 Å². The molecular formula is C16H24FN. The van der Waals surface area contributed by atoms with Gasteiger partial charge in [0.15, 0.2) is 0 Å². The normalized spacial score (nSPS) is 30.1. The Morgan fingerprint density at radius 3 is 2.67 bits per heavy atom. The zero-order chi connectivity index (χ0) is 13.1. The van der Waals surface area contributed by atoms with Crippen LogP contribution >= 0.6 is 0 Å². The van der Waals surface area contributed by atoms with Gasteiger partial charge < -0.3 is 5.32 Å². The molecule has 1 aliphatic carbocycles. The summed E-state index contributed by atoms with van der Waals surface area (Å²) in [6.07, 6.45) is 3.78. The summed E-state index contributed by atoms with van der Waals surface area (Å²) in [5.41, 5.74) is 1.04. The van der Waals surface area contributed by atoms with Crippen molar-refractivity contribution in [2.75, 3.05) is 0 Å². The summed E-state index contributed by atoms with van der Waals surface area (Å²) < 4.78 is 13.2. The number of hydrogen-bond acceptors (Lipinski definition) is 1. The minimum absolute atomic E-state index is 0.146. The summed E-state index contributed by atoms with van der Waals surface area (Å²) in [6, 6.07) is 7.72. The predicted octanol–water partition coefficient (Wildman–Crippen LogP) is 4.30. The van der Waals surface area contributed by atoms with E-state index in [0.29, 0.717) is 6.04 Å². The largest absolute Gasteiger partial charge is 0.307 e. The molecule has 0 bridgehead atoms. The Morgan fingerprint density at radius 2 is 2.00 bits per heavy atom. The number of halogens is 1. The fourth-order valence-corrected chi connectivity index (χ4v) is 2.92. The van der Waals surface area contributed by atoms with Crippen molar-refractivity contribution >= 4 is 0 Å². The summed E-state index contributed by atoms with van der Waals surface area (Å²) in [7, 11) is 0. The van der Waals surface area contributed by atoms with E-state index in [-0.39, 0.29) is 11.9 Å². The second-order valence-electron chi connectivity index (χ2n) is 5.91. The molecule has 3 unspecified atom stereocenters. The highest BCUT2D eigenvalue weighted by Crippen LogP contribution is 2.30. The Kier molecular flexibility index (Phi) is 4.39. The molecule has 18 heavy (non-hydrogen) atoms. The molecule has 2 heteroatoms. The molecule has 1 nitrogen and oxygen atoms in total. The highest BCUT2D eigenvalue weighted by molar-refractivity contribution is 5.19. The van der Waals surface area contributed by atoms with Crippen molar-refractivity contribution in [3.63, 3.8) is 0 Å². The fraction of sp³-hybridized carbons (Fsp3) is 0.625. The SMILES string of the molecule is CC1CCC(N[C@H](C)c2cccc(F)c2)CC1C. The van der Waals surface area contributed by atoms with Crippen molar-refractivity contribution in [1.29, 1.82) is 0 Å². The van der Waals surface area contributed by atoms with Crippen LogP contribution in [-0.4, -0.2) is 6.04 Å². The first-order chi connectivity index (χ1) is 8.56. The molecule has 0 aromatic heterocycles. The van der Waals surface area contributed by atoms with E-state index in [1.165, 1.54) is 25.3 Å². The quantitative estimate of drug-likeness (QED) is 0.842. The van der Waals surface area contributed by atoms with E-state index in [2.05, 4.69) is 26.1 Å². The molecule has 0 saturated heterocycles. The minimum Gasteiger partial charge on any atom is -0.307 e. The lowest BCUT2D eigenvalue weighted by Gasteiger charge is -2.34. The fourth-order valence-electron chi connectivity index (χ4n) is 2.92. The molecule has 0 radical (unpaired) electrons. The van der Waals surface area contributed by atoms with Crippen molar-refractivity contribution in [2.24, 2.45) is 11.8 Å². The molecule has 1 aromatic carbocycles. The number of benzene rings is 1. The van der Waals surface area contributed by atoms with E-state index in [0.717, 1.165) is 17.4 Å². The third-order valence-corrected chi connectivity index (χ3v) is 4.43. The van der Waals surface area contributed by atoms with Gasteiger partial charge in [0, 0.05) is 12.1 Å². The van der Waals surface area contributed by atoms with Gasteiger partial charge in [-0.2, -0.15) is 0 Å². The van der Waals surface area contributed by atoms with Crippen LogP contribution in [0.1, 0.15) is 51.6 Å². The summed E-state index contributed by atoms with van der Waals surface area (Å²) in [4.78, 5) is 0. The Bertz CT molecular complexity index is 390. The number of nitrogens with one attached hydrogen (secondary N) is 1. The second kappa shape index (κ2) is 5.83. The van der Waals surface area contributed by atoms with Crippen molar-refractivity contribution < 1.29 is 4.39 Å². The molecule has 1 aromatic rings. The summed E-state index contributed by atoms with van der Waals surface area (Å²) in [5.74, 6) is 1.48. The molecule has 0 amide bonds. The number of hydrogen-bond donors (Lipinski definition) is 1. The van der Waals surface area contributed by atoms with Crippen LogP contribution < -0.4 is 5.32 Å². The van der Waals surface area contributed by atoms with Crippen LogP contribution in [0.2, 0.25) is 0 Å². The lowest BCUT2D eigenvalue weighted by molar-refractivity contribution is 0.217. The minimum atomic E-state index is -0.146. The second-order valence-corrected chi connectivity index (χ2v) is 5.91. The maximum Gasteiger partial charge on any atom is 0.123 e. The smallest absolute Gasteiger partial charge is 0.123 e. The number of rotatable bonds is 3. The van der Waals surface area contributed by atoms with Crippen LogP contribution in [0.3, 0.4) is 0 Å². The summed E-state index contributed by atoms with van der Waals surface area (Å²) in [6.45, 7) is 6.81. The Labute approximate surface area is 110 Å². The third-order valence-electron chi connectivity index (χ3n) is 4.43. The first-order valence-corrected chi connectivity index (χ1v) is 7.07. The van der Waals surface area contributed by atoms with Gasteiger partial charge in [-0.05, 0) is 55.7 Å². The molecule has 0 spiro atoms. The van der Waals surface area contributed by atoms with E-state index >= 15 is 0 Å². The van der Waals surface area contributed by atoms with Crippen LogP contribution in [0.15, 0.2) is 24.3 Å². The lowest BCUT2D eigenvalue weighted by Crippen LogP contribution is -2.37. The van der Waals surface area contributed by atoms with Gasteiger partial charge in [0.2, 0.25) is 0 Å². The molecule has 1 aliphatic rings. The van der Waals surface area contributed by atoms with Crippen molar-refractivity contribution in [2.45, 2.75) is 52.1 Å². The van der Waals surface area contributed by atoms with Crippen molar-refractivity contribution in [3.05, 3.63) is 35.6 Å². The van der Waals surface area contributed by atoms with E-state index in [4.69, 9.17) is 0 Å². The maximum absolute atomic E-state index is 13.2. The highest BCUT2D eigenvalue weighted by atomic mass is 19.1. The van der Waals surface area contributed by atoms with Gasteiger partial charge in [-0.15, -0.1) is 0 Å². The van der Waals surface area contributed by atoms with Crippen LogP contribution in [0.5, 0.6) is 0 Å². The monoisotopic (exact) mass is 249 g/mol. The van der Waals surface area contributed by atoms with Gasteiger partial charge in [0.25, 0.3) is 0 Å².